The number of hydrogen-bond acceptors (Lipinski definition) is 4. The Hall–Kier alpha value is -0.980. The smallest absolute Gasteiger partial charge is 0.312 e. The zero-order valence-corrected chi connectivity index (χ0v) is 25.5. The van der Waals surface area contributed by atoms with Gasteiger partial charge >= 0.3 is 5.97 Å². The van der Waals surface area contributed by atoms with Crippen LogP contribution in [0.5, 0.6) is 0 Å². The average molecular weight is 607 g/mol. The monoisotopic (exact) mass is 606 g/mol. The molecule has 0 aromatic carbocycles. The van der Waals surface area contributed by atoms with Gasteiger partial charge in [-0.1, -0.05) is 60.1 Å². The highest BCUT2D eigenvalue weighted by Crippen LogP contribution is 2.74. The Balaban J connectivity index is 1.71. The van der Waals surface area contributed by atoms with Crippen molar-refractivity contribution >= 4 is 40.1 Å². The van der Waals surface area contributed by atoms with Crippen LogP contribution in [-0.4, -0.2) is 24.6 Å². The molecule has 5 aliphatic carbocycles. The summed E-state index contributed by atoms with van der Waals surface area (Å²) < 4.78 is 6.22. The van der Waals surface area contributed by atoms with Crippen molar-refractivity contribution in [1.29, 1.82) is 0 Å². The highest BCUT2D eigenvalue weighted by Gasteiger charge is 2.71. The molecule has 4 nitrogen and oxygen atoms in total. The van der Waals surface area contributed by atoms with Crippen molar-refractivity contribution in [1.82, 2.24) is 0 Å². The van der Waals surface area contributed by atoms with Gasteiger partial charge in [0.05, 0.1) is 16.1 Å². The van der Waals surface area contributed by atoms with E-state index in [1.165, 1.54) is 12.7 Å². The van der Waals surface area contributed by atoms with Crippen LogP contribution in [0.1, 0.15) is 87.0 Å². The third-order valence-corrected chi connectivity index (χ3v) is 13.4. The summed E-state index contributed by atoms with van der Waals surface area (Å²) >= 11 is 2.20. The summed E-state index contributed by atoms with van der Waals surface area (Å²) in [5.41, 5.74) is -0.554. The number of fused-ring (bicyclic) bond motifs is 7. The number of halogens is 1. The maximum Gasteiger partial charge on any atom is 0.312 e. The molecule has 9 atom stereocenters. The van der Waals surface area contributed by atoms with Crippen molar-refractivity contribution in [3.05, 3.63) is 21.3 Å². The highest BCUT2D eigenvalue weighted by molar-refractivity contribution is 14.1. The molecule has 0 aromatic heterocycles. The van der Waals surface area contributed by atoms with E-state index < -0.39 is 10.8 Å². The Kier molecular flexibility index (Phi) is 5.93. The van der Waals surface area contributed by atoms with E-state index in [4.69, 9.17) is 4.74 Å². The molecular weight excluding hydrogens is 563 g/mol. The van der Waals surface area contributed by atoms with E-state index in [-0.39, 0.29) is 51.5 Å². The summed E-state index contributed by atoms with van der Waals surface area (Å²) in [5.74, 6) is 1.16. The number of methoxy groups -OCH3 is 1. The molecule has 0 spiro atoms. The molecule has 198 valence electrons. The Labute approximate surface area is 230 Å². The number of rotatable bonds is 1. The molecule has 0 heterocycles. The van der Waals surface area contributed by atoms with Gasteiger partial charge in [0.15, 0.2) is 11.6 Å². The third kappa shape index (κ3) is 3.01. The molecule has 0 amide bonds. The van der Waals surface area contributed by atoms with Crippen molar-refractivity contribution in [2.45, 2.75) is 87.0 Å². The topological polar surface area (TPSA) is 60.4 Å². The van der Waals surface area contributed by atoms with Crippen LogP contribution in [0.2, 0.25) is 0 Å². The predicted molar refractivity (Wildman–Crippen MR) is 149 cm³/mol. The number of ether oxygens (including phenoxy) is 1. The van der Waals surface area contributed by atoms with Crippen molar-refractivity contribution in [2.24, 2.45) is 56.7 Å². The molecule has 5 rings (SSSR count). The van der Waals surface area contributed by atoms with E-state index in [0.29, 0.717) is 11.8 Å². The van der Waals surface area contributed by atoms with E-state index in [1.54, 1.807) is 0 Å². The molecule has 0 bridgehead atoms. The molecule has 5 heteroatoms. The second-order valence-corrected chi connectivity index (χ2v) is 15.3. The van der Waals surface area contributed by atoms with Crippen molar-refractivity contribution in [3.8, 4) is 0 Å². The Morgan fingerprint density at radius 3 is 2.31 bits per heavy atom. The van der Waals surface area contributed by atoms with Gasteiger partial charge in [-0.2, -0.15) is 0 Å². The number of allylic oxidation sites excluding steroid dienone is 4. The minimum atomic E-state index is -0.523. The number of esters is 1. The summed E-state index contributed by atoms with van der Waals surface area (Å²) in [6, 6.07) is 0. The summed E-state index contributed by atoms with van der Waals surface area (Å²) in [7, 11) is 1.52. The zero-order chi connectivity index (χ0) is 26.6. The zero-order valence-electron chi connectivity index (χ0n) is 23.3. The van der Waals surface area contributed by atoms with E-state index in [9.17, 15) is 14.4 Å². The summed E-state index contributed by atoms with van der Waals surface area (Å²) in [4.78, 5) is 41.0. The van der Waals surface area contributed by atoms with E-state index in [2.05, 4.69) is 77.1 Å². The van der Waals surface area contributed by atoms with Gasteiger partial charge in [0.2, 0.25) is 0 Å². The normalized spacial score (nSPS) is 49.5. The number of hydrogen-bond donors (Lipinski definition) is 0. The minimum absolute atomic E-state index is 0.0414. The first-order valence-electron chi connectivity index (χ1n) is 13.9. The number of ketones is 2. The lowest BCUT2D eigenvalue weighted by atomic mass is 9.34. The lowest BCUT2D eigenvalue weighted by Gasteiger charge is -2.69. The number of carbonyl (C=O) groups excluding carboxylic acids is 3. The highest BCUT2D eigenvalue weighted by atomic mass is 127. The maximum atomic E-state index is 14.4. The van der Waals surface area contributed by atoms with Gasteiger partial charge in [-0.3, -0.25) is 14.4 Å². The van der Waals surface area contributed by atoms with Crippen LogP contribution < -0.4 is 0 Å². The van der Waals surface area contributed by atoms with Crippen LogP contribution in [0.15, 0.2) is 21.3 Å². The predicted octanol–water partition coefficient (Wildman–Crippen LogP) is 7.10. The van der Waals surface area contributed by atoms with Gasteiger partial charge in [-0.15, -0.1) is 0 Å². The molecule has 0 aliphatic heterocycles. The molecule has 0 radical (unpaired) electrons. The third-order valence-electron chi connectivity index (χ3n) is 12.6. The van der Waals surface area contributed by atoms with E-state index >= 15 is 0 Å². The van der Waals surface area contributed by atoms with Gasteiger partial charge in [0.1, 0.15) is 0 Å². The van der Waals surface area contributed by atoms with Crippen LogP contribution >= 0.6 is 22.6 Å². The van der Waals surface area contributed by atoms with Gasteiger partial charge in [-0.25, -0.2) is 0 Å². The first-order chi connectivity index (χ1) is 16.6. The van der Waals surface area contributed by atoms with E-state index in [1.807, 2.05) is 6.08 Å². The SMILES string of the molecule is COC(=O)[C@]12CC[C@@H](C)[C@H](C)[C@H]1C1=CC(=O)[C@@H]3[C@@]4(C)C=C(I)C(=O)C(C)(C)C4CC[C@@]3(C)[C@]1(C)CC2. The largest absolute Gasteiger partial charge is 0.469 e. The molecule has 36 heavy (non-hydrogen) atoms. The van der Waals surface area contributed by atoms with Gasteiger partial charge in [0, 0.05) is 16.7 Å². The molecule has 5 aliphatic rings. The second kappa shape index (κ2) is 8.02. The lowest BCUT2D eigenvalue weighted by Crippen LogP contribution is -2.66. The molecule has 3 fully saturated rings. The van der Waals surface area contributed by atoms with Crippen molar-refractivity contribution in [2.75, 3.05) is 7.11 Å². The van der Waals surface area contributed by atoms with E-state index in [0.717, 1.165) is 42.1 Å². The second-order valence-electron chi connectivity index (χ2n) is 14.2. The first-order valence-corrected chi connectivity index (χ1v) is 15.0. The molecule has 1 unspecified atom stereocenters. The first kappa shape index (κ1) is 26.6. The van der Waals surface area contributed by atoms with Crippen molar-refractivity contribution < 1.29 is 19.1 Å². The van der Waals surface area contributed by atoms with Gasteiger partial charge in [0.25, 0.3) is 0 Å². The maximum absolute atomic E-state index is 14.4. The molecule has 3 saturated carbocycles. The Morgan fingerprint density at radius 2 is 1.67 bits per heavy atom. The quantitative estimate of drug-likeness (QED) is 0.236. The van der Waals surface area contributed by atoms with Crippen LogP contribution in [0.3, 0.4) is 0 Å². The Bertz CT molecular complexity index is 1100. The molecular formula is C31H43IO4. The average Bonchev–Trinajstić information content (AvgIpc) is 2.80. The standard InChI is InChI=1S/C31H43IO4/c1-17-9-12-31(26(35)36-8)14-13-29(6)19(23(31)18(17)2)15-21(33)24-28(5)16-20(32)25(34)27(3,4)22(28)10-11-30(24,29)7/h15-18,22-24H,9-14H2,1-8H3/t17-,18+,22?,23+,24-,28+,29-,30-,31+/m1/s1. The number of Topliss-reactive ketones (excluding diaryl/α,β-unsaturated/α-hetero) is 1. The van der Waals surface area contributed by atoms with Crippen LogP contribution in [0.4, 0.5) is 0 Å². The summed E-state index contributed by atoms with van der Waals surface area (Å²) in [5, 5.41) is 0. The van der Waals surface area contributed by atoms with Crippen LogP contribution in [0.25, 0.3) is 0 Å². The molecule has 0 N–H and O–H groups in total. The summed E-state index contributed by atoms with van der Waals surface area (Å²) in [6.45, 7) is 15.8. The number of carbonyl (C=O) groups is 3. The summed E-state index contributed by atoms with van der Waals surface area (Å²) in [6.07, 6.45) is 9.60. The fourth-order valence-electron chi connectivity index (χ4n) is 10.3. The molecule has 0 aromatic rings. The fourth-order valence-corrected chi connectivity index (χ4v) is 11.7. The van der Waals surface area contributed by atoms with Gasteiger partial charge < -0.3 is 4.74 Å². The minimum Gasteiger partial charge on any atom is -0.469 e. The van der Waals surface area contributed by atoms with Crippen molar-refractivity contribution in [3.63, 3.8) is 0 Å². The fraction of sp³-hybridized carbons (Fsp3) is 0.774. The molecule has 0 saturated heterocycles. The van der Waals surface area contributed by atoms with Crippen LogP contribution in [0, 0.1) is 56.7 Å². The lowest BCUT2D eigenvalue weighted by molar-refractivity contribution is -0.182. The van der Waals surface area contributed by atoms with Crippen LogP contribution in [-0.2, 0) is 19.1 Å². The Morgan fingerprint density at radius 1 is 1.00 bits per heavy atom. The van der Waals surface area contributed by atoms with Gasteiger partial charge in [-0.05, 0) is 102 Å².